The number of rotatable bonds is 52. The molecule has 0 saturated heterocycles. The number of amides is 1. The van der Waals surface area contributed by atoms with Crippen molar-refractivity contribution in [1.82, 2.24) is 5.32 Å². The zero-order valence-electron chi connectivity index (χ0n) is 43.6. The van der Waals surface area contributed by atoms with E-state index in [4.69, 9.17) is 4.74 Å². The molecule has 0 aliphatic heterocycles. The van der Waals surface area contributed by atoms with Crippen LogP contribution >= 0.6 is 0 Å². The van der Waals surface area contributed by atoms with Crippen molar-refractivity contribution in [3.8, 4) is 0 Å². The Labute approximate surface area is 404 Å². The Bertz CT molecular complexity index is 1070. The highest BCUT2D eigenvalue weighted by molar-refractivity contribution is 5.77. The SMILES string of the molecule is CCCCC/C=C\C/C=C\C/C=C\CCCCCCC(CC(=O)NC(CO)C(O)CCCCCCCCCCCCCCC)OC(=O)CCCCCCCCCCCCCCCCCC. The van der Waals surface area contributed by atoms with Gasteiger partial charge in [-0.25, -0.2) is 0 Å². The second-order valence-electron chi connectivity index (χ2n) is 19.7. The number of esters is 1. The van der Waals surface area contributed by atoms with Crippen molar-refractivity contribution in [2.75, 3.05) is 6.61 Å². The van der Waals surface area contributed by atoms with Crippen LogP contribution in [-0.2, 0) is 14.3 Å². The molecule has 0 saturated carbocycles. The van der Waals surface area contributed by atoms with Crippen LogP contribution in [0.25, 0.3) is 0 Å². The Morgan fingerprint density at radius 1 is 0.446 bits per heavy atom. The fraction of sp³-hybridized carbons (Fsp3) is 0.864. The molecule has 3 N–H and O–H groups in total. The maximum Gasteiger partial charge on any atom is 0.306 e. The fourth-order valence-electron chi connectivity index (χ4n) is 8.85. The standard InChI is InChI=1S/C59H111NO5/c1-4-7-10-13-16-19-22-25-27-29-30-33-35-38-41-44-47-50-55(65-59(64)52-49-46-43-40-37-34-31-28-26-23-20-17-14-11-8-5-2)53-58(63)60-56(54-61)57(62)51-48-45-42-39-36-32-24-21-18-15-12-9-6-3/h16,19,25,27,30,33,55-57,61-62H,4-15,17-18,20-24,26,28-29,31-32,34-54H2,1-3H3,(H,60,63)/b19-16-,27-25-,33-30-. The van der Waals surface area contributed by atoms with E-state index in [1.54, 1.807) is 0 Å². The van der Waals surface area contributed by atoms with Crippen molar-refractivity contribution in [3.05, 3.63) is 36.5 Å². The molecular weight excluding hydrogens is 803 g/mol. The molecule has 382 valence electrons. The van der Waals surface area contributed by atoms with Gasteiger partial charge in [-0.1, -0.05) is 263 Å². The van der Waals surface area contributed by atoms with Crippen LogP contribution in [0.2, 0.25) is 0 Å². The first-order chi connectivity index (χ1) is 32.0. The summed E-state index contributed by atoms with van der Waals surface area (Å²) in [5.74, 6) is -0.479. The van der Waals surface area contributed by atoms with E-state index in [0.717, 1.165) is 83.5 Å². The van der Waals surface area contributed by atoms with Gasteiger partial charge in [0.2, 0.25) is 5.91 Å². The number of allylic oxidation sites excluding steroid dienone is 6. The van der Waals surface area contributed by atoms with Crippen molar-refractivity contribution in [1.29, 1.82) is 0 Å². The zero-order valence-corrected chi connectivity index (χ0v) is 43.6. The second kappa shape index (κ2) is 53.0. The molecule has 0 aromatic heterocycles. The Morgan fingerprint density at radius 2 is 0.785 bits per heavy atom. The summed E-state index contributed by atoms with van der Waals surface area (Å²) in [4.78, 5) is 26.3. The largest absolute Gasteiger partial charge is 0.462 e. The van der Waals surface area contributed by atoms with E-state index in [1.165, 1.54) is 173 Å². The van der Waals surface area contributed by atoms with Crippen LogP contribution in [0.5, 0.6) is 0 Å². The zero-order chi connectivity index (χ0) is 47.4. The van der Waals surface area contributed by atoms with Gasteiger partial charge in [0.1, 0.15) is 6.10 Å². The predicted molar refractivity (Wildman–Crippen MR) is 282 cm³/mol. The summed E-state index contributed by atoms with van der Waals surface area (Å²) >= 11 is 0. The molecule has 0 spiro atoms. The van der Waals surface area contributed by atoms with Crippen molar-refractivity contribution in [2.24, 2.45) is 0 Å². The maximum atomic E-state index is 13.3. The summed E-state index contributed by atoms with van der Waals surface area (Å²) < 4.78 is 5.96. The van der Waals surface area contributed by atoms with Crippen molar-refractivity contribution in [2.45, 2.75) is 322 Å². The van der Waals surface area contributed by atoms with Gasteiger partial charge < -0.3 is 20.3 Å². The number of hydrogen-bond donors (Lipinski definition) is 3. The van der Waals surface area contributed by atoms with E-state index in [1.807, 2.05) is 0 Å². The molecule has 0 fully saturated rings. The summed E-state index contributed by atoms with van der Waals surface area (Å²) in [6.07, 6.45) is 63.5. The van der Waals surface area contributed by atoms with Crippen molar-refractivity contribution >= 4 is 11.9 Å². The van der Waals surface area contributed by atoms with E-state index in [2.05, 4.69) is 62.5 Å². The third kappa shape index (κ3) is 48.3. The van der Waals surface area contributed by atoms with Crippen LogP contribution in [0.15, 0.2) is 36.5 Å². The quantitative estimate of drug-likeness (QED) is 0.0321. The van der Waals surface area contributed by atoms with E-state index in [0.29, 0.717) is 19.3 Å². The van der Waals surface area contributed by atoms with Gasteiger partial charge in [-0.2, -0.15) is 0 Å². The van der Waals surface area contributed by atoms with E-state index in [9.17, 15) is 19.8 Å². The summed E-state index contributed by atoms with van der Waals surface area (Å²) in [7, 11) is 0. The average molecular weight is 915 g/mol. The third-order valence-electron chi connectivity index (χ3n) is 13.2. The Morgan fingerprint density at radius 3 is 1.22 bits per heavy atom. The molecule has 0 rings (SSSR count). The molecule has 0 aliphatic carbocycles. The number of nitrogens with one attached hydrogen (secondary N) is 1. The van der Waals surface area contributed by atoms with Gasteiger partial charge in [0.25, 0.3) is 0 Å². The van der Waals surface area contributed by atoms with Gasteiger partial charge in [-0.05, 0) is 64.2 Å². The minimum Gasteiger partial charge on any atom is -0.462 e. The molecule has 3 unspecified atom stereocenters. The first-order valence-corrected chi connectivity index (χ1v) is 28.7. The lowest BCUT2D eigenvalue weighted by molar-refractivity contribution is -0.151. The lowest BCUT2D eigenvalue weighted by Crippen LogP contribution is -2.46. The van der Waals surface area contributed by atoms with Crippen LogP contribution in [0.4, 0.5) is 0 Å². The third-order valence-corrected chi connectivity index (χ3v) is 13.2. The molecule has 65 heavy (non-hydrogen) atoms. The summed E-state index contributed by atoms with van der Waals surface area (Å²) in [6.45, 7) is 6.48. The van der Waals surface area contributed by atoms with E-state index in [-0.39, 0.29) is 24.9 Å². The second-order valence-corrected chi connectivity index (χ2v) is 19.7. The van der Waals surface area contributed by atoms with Crippen LogP contribution < -0.4 is 5.32 Å². The Hall–Kier alpha value is -1.92. The van der Waals surface area contributed by atoms with Crippen LogP contribution in [0.1, 0.15) is 303 Å². The monoisotopic (exact) mass is 914 g/mol. The van der Waals surface area contributed by atoms with Gasteiger partial charge in [0, 0.05) is 6.42 Å². The molecular formula is C59H111NO5. The smallest absolute Gasteiger partial charge is 0.306 e. The van der Waals surface area contributed by atoms with Crippen LogP contribution in [-0.4, -0.2) is 46.9 Å². The molecule has 0 radical (unpaired) electrons. The fourth-order valence-corrected chi connectivity index (χ4v) is 8.85. The number of hydrogen-bond acceptors (Lipinski definition) is 5. The van der Waals surface area contributed by atoms with Gasteiger partial charge in [-0.3, -0.25) is 9.59 Å². The Balaban J connectivity index is 4.59. The molecule has 0 aliphatic rings. The number of carbonyl (C=O) groups excluding carboxylic acids is 2. The summed E-state index contributed by atoms with van der Waals surface area (Å²) in [6, 6.07) is -0.706. The highest BCUT2D eigenvalue weighted by Crippen LogP contribution is 2.18. The summed E-state index contributed by atoms with van der Waals surface area (Å²) in [5, 5.41) is 23.9. The number of aliphatic hydroxyl groups is 2. The lowest BCUT2D eigenvalue weighted by atomic mass is 10.0. The van der Waals surface area contributed by atoms with Gasteiger partial charge in [0.05, 0.1) is 25.2 Å². The highest BCUT2D eigenvalue weighted by Gasteiger charge is 2.24. The molecule has 0 aromatic carbocycles. The predicted octanol–water partition coefficient (Wildman–Crippen LogP) is 17.6. The highest BCUT2D eigenvalue weighted by atomic mass is 16.5. The maximum absolute atomic E-state index is 13.3. The molecule has 1 amide bonds. The van der Waals surface area contributed by atoms with Gasteiger partial charge in [-0.15, -0.1) is 0 Å². The number of carbonyl (C=O) groups is 2. The number of aliphatic hydroxyl groups excluding tert-OH is 2. The number of ether oxygens (including phenoxy) is 1. The van der Waals surface area contributed by atoms with E-state index < -0.39 is 18.2 Å². The minimum atomic E-state index is -0.792. The molecule has 6 heteroatoms. The molecule has 3 atom stereocenters. The van der Waals surface area contributed by atoms with Crippen molar-refractivity contribution in [3.63, 3.8) is 0 Å². The lowest BCUT2D eigenvalue weighted by Gasteiger charge is -2.24. The molecule has 6 nitrogen and oxygen atoms in total. The molecule has 0 bridgehead atoms. The normalized spacial score (nSPS) is 13.4. The first kappa shape index (κ1) is 63.1. The van der Waals surface area contributed by atoms with E-state index >= 15 is 0 Å². The number of unbranched alkanes of at least 4 members (excludes halogenated alkanes) is 34. The van der Waals surface area contributed by atoms with Gasteiger partial charge >= 0.3 is 5.97 Å². The Kier molecular flexibility index (Phi) is 51.5. The van der Waals surface area contributed by atoms with Crippen molar-refractivity contribution < 1.29 is 24.5 Å². The minimum absolute atomic E-state index is 0.0670. The molecule has 0 heterocycles. The summed E-state index contributed by atoms with van der Waals surface area (Å²) in [5.41, 5.74) is 0. The van der Waals surface area contributed by atoms with Crippen LogP contribution in [0.3, 0.4) is 0 Å². The van der Waals surface area contributed by atoms with Gasteiger partial charge in [0.15, 0.2) is 0 Å². The average Bonchev–Trinajstić information content (AvgIpc) is 3.30. The molecule has 0 aromatic rings. The topological polar surface area (TPSA) is 95.9 Å². The van der Waals surface area contributed by atoms with Crippen LogP contribution in [0, 0.1) is 0 Å². The first-order valence-electron chi connectivity index (χ1n) is 28.7.